The fraction of sp³-hybridized carbons (Fsp3) is 0.235. The minimum atomic E-state index is -4.63. The van der Waals surface area contributed by atoms with E-state index in [1.54, 1.807) is 6.07 Å². The normalized spacial score (nSPS) is 14.5. The van der Waals surface area contributed by atoms with Crippen molar-refractivity contribution in [1.82, 2.24) is 34.6 Å². The summed E-state index contributed by atoms with van der Waals surface area (Å²) in [4.78, 5) is 1.86. The van der Waals surface area contributed by atoms with Crippen LogP contribution in [0.2, 0.25) is 0 Å². The van der Waals surface area contributed by atoms with Crippen molar-refractivity contribution in [3.05, 3.63) is 54.1 Å². The van der Waals surface area contributed by atoms with E-state index < -0.39 is 12.0 Å². The number of anilines is 1. The Morgan fingerprint density at radius 3 is 2.46 bits per heavy atom. The van der Waals surface area contributed by atoms with Gasteiger partial charge in [-0.15, -0.1) is 25.5 Å². The van der Waals surface area contributed by atoms with Gasteiger partial charge < -0.3 is 9.47 Å². The molecule has 0 radical (unpaired) electrons. The van der Waals surface area contributed by atoms with Crippen LogP contribution in [0.25, 0.3) is 17.0 Å². The van der Waals surface area contributed by atoms with Crippen LogP contribution in [0.4, 0.5) is 19.0 Å². The molecule has 0 saturated heterocycles. The van der Waals surface area contributed by atoms with Crippen molar-refractivity contribution in [2.24, 2.45) is 0 Å². The van der Waals surface area contributed by atoms with Crippen molar-refractivity contribution in [3.63, 3.8) is 0 Å². The van der Waals surface area contributed by atoms with Crippen molar-refractivity contribution in [1.29, 1.82) is 0 Å². The van der Waals surface area contributed by atoms with E-state index >= 15 is 0 Å². The van der Waals surface area contributed by atoms with E-state index in [0.29, 0.717) is 25.5 Å². The SMILES string of the molecule is FC(F)(F)c1nnc2ccc(N3CCn4c(nnc4-c4ccccc4)C3)nn12. The summed E-state index contributed by atoms with van der Waals surface area (Å²) < 4.78 is 42.0. The first-order valence-corrected chi connectivity index (χ1v) is 8.53. The molecule has 3 aromatic heterocycles. The molecular formula is C17H13F3N8. The smallest absolute Gasteiger partial charge is 0.346 e. The summed E-state index contributed by atoms with van der Waals surface area (Å²) in [6, 6.07) is 12.8. The molecule has 0 unspecified atom stereocenters. The second kappa shape index (κ2) is 6.01. The number of alkyl halides is 3. The lowest BCUT2D eigenvalue weighted by Gasteiger charge is -2.28. The number of rotatable bonds is 2. The third-order valence-electron chi connectivity index (χ3n) is 4.61. The van der Waals surface area contributed by atoms with Crippen molar-refractivity contribution >= 4 is 11.5 Å². The first-order chi connectivity index (χ1) is 13.5. The van der Waals surface area contributed by atoms with Crippen LogP contribution in [0.5, 0.6) is 0 Å². The van der Waals surface area contributed by atoms with Gasteiger partial charge in [0.1, 0.15) is 5.82 Å². The maximum Gasteiger partial charge on any atom is 0.453 e. The van der Waals surface area contributed by atoms with Gasteiger partial charge in [-0.05, 0) is 12.1 Å². The highest BCUT2D eigenvalue weighted by Crippen LogP contribution is 2.29. The van der Waals surface area contributed by atoms with Gasteiger partial charge >= 0.3 is 6.18 Å². The fourth-order valence-electron chi connectivity index (χ4n) is 3.28. The Morgan fingerprint density at radius 1 is 0.857 bits per heavy atom. The van der Waals surface area contributed by atoms with E-state index in [-0.39, 0.29) is 5.65 Å². The van der Waals surface area contributed by atoms with Crippen molar-refractivity contribution in [2.45, 2.75) is 19.3 Å². The number of hydrogen-bond donors (Lipinski definition) is 0. The van der Waals surface area contributed by atoms with Crippen LogP contribution >= 0.6 is 0 Å². The second-order valence-corrected chi connectivity index (χ2v) is 6.36. The standard InChI is InChI=1S/C17H13F3N8/c18-17(19,20)16-24-21-12-6-7-13(25-28(12)16)26-8-9-27-14(10-26)22-23-15(27)11-4-2-1-3-5-11/h1-7H,8-10H2. The van der Waals surface area contributed by atoms with Gasteiger partial charge in [0.2, 0.25) is 0 Å². The van der Waals surface area contributed by atoms with E-state index in [9.17, 15) is 13.2 Å². The molecule has 28 heavy (non-hydrogen) atoms. The zero-order valence-corrected chi connectivity index (χ0v) is 14.4. The Balaban J connectivity index is 1.48. The molecule has 0 amide bonds. The highest BCUT2D eigenvalue weighted by atomic mass is 19.4. The summed E-state index contributed by atoms with van der Waals surface area (Å²) in [5, 5.41) is 19.4. The summed E-state index contributed by atoms with van der Waals surface area (Å²) in [5.74, 6) is 0.757. The average Bonchev–Trinajstić information content (AvgIpc) is 3.31. The predicted octanol–water partition coefficient (Wildman–Crippen LogP) is 2.42. The van der Waals surface area contributed by atoms with Crippen molar-refractivity contribution in [2.75, 3.05) is 11.4 Å². The Labute approximate surface area is 156 Å². The number of benzene rings is 1. The van der Waals surface area contributed by atoms with Gasteiger partial charge in [0.05, 0.1) is 6.54 Å². The molecule has 0 N–H and O–H groups in total. The molecule has 0 saturated carbocycles. The monoisotopic (exact) mass is 386 g/mol. The molecule has 142 valence electrons. The van der Waals surface area contributed by atoms with Gasteiger partial charge in [-0.1, -0.05) is 30.3 Å². The Hall–Kier alpha value is -3.50. The van der Waals surface area contributed by atoms with Crippen LogP contribution in [0.1, 0.15) is 11.6 Å². The molecule has 1 aliphatic rings. The molecule has 0 spiro atoms. The number of halogens is 3. The number of aromatic nitrogens is 7. The Morgan fingerprint density at radius 2 is 1.68 bits per heavy atom. The number of fused-ring (bicyclic) bond motifs is 2. The second-order valence-electron chi connectivity index (χ2n) is 6.36. The van der Waals surface area contributed by atoms with Crippen molar-refractivity contribution in [3.8, 4) is 11.4 Å². The number of hydrogen-bond acceptors (Lipinski definition) is 6. The molecular weight excluding hydrogens is 373 g/mol. The lowest BCUT2D eigenvalue weighted by atomic mass is 10.2. The van der Waals surface area contributed by atoms with Gasteiger partial charge in [0.25, 0.3) is 5.82 Å². The average molecular weight is 386 g/mol. The minimum absolute atomic E-state index is 0.0441. The van der Waals surface area contributed by atoms with Crippen LogP contribution in [-0.2, 0) is 19.3 Å². The molecule has 1 aliphatic heterocycles. The van der Waals surface area contributed by atoms with E-state index in [1.165, 1.54) is 6.07 Å². The maximum absolute atomic E-state index is 13.1. The van der Waals surface area contributed by atoms with Crippen LogP contribution in [0.15, 0.2) is 42.5 Å². The summed E-state index contributed by atoms with van der Waals surface area (Å²) >= 11 is 0. The fourth-order valence-corrected chi connectivity index (χ4v) is 3.28. The zero-order chi connectivity index (χ0) is 19.3. The summed E-state index contributed by atoms with van der Waals surface area (Å²) in [6.07, 6.45) is -4.63. The Bertz CT molecular complexity index is 1150. The van der Waals surface area contributed by atoms with Gasteiger partial charge in [-0.3, -0.25) is 0 Å². The molecule has 0 atom stereocenters. The largest absolute Gasteiger partial charge is 0.453 e. The lowest BCUT2D eigenvalue weighted by molar-refractivity contribution is -0.146. The zero-order valence-electron chi connectivity index (χ0n) is 14.4. The van der Waals surface area contributed by atoms with Crippen LogP contribution in [0, 0.1) is 0 Å². The van der Waals surface area contributed by atoms with Gasteiger partial charge in [0, 0.05) is 18.7 Å². The van der Waals surface area contributed by atoms with E-state index in [4.69, 9.17) is 0 Å². The molecule has 5 rings (SSSR count). The maximum atomic E-state index is 13.1. The molecule has 11 heteroatoms. The van der Waals surface area contributed by atoms with Gasteiger partial charge in [0.15, 0.2) is 17.3 Å². The molecule has 8 nitrogen and oxygen atoms in total. The summed E-state index contributed by atoms with van der Waals surface area (Å²) in [6.45, 7) is 1.55. The molecule has 0 aliphatic carbocycles. The van der Waals surface area contributed by atoms with E-state index in [0.717, 1.165) is 21.7 Å². The predicted molar refractivity (Wildman–Crippen MR) is 92.3 cm³/mol. The number of nitrogens with zero attached hydrogens (tertiary/aromatic N) is 8. The third kappa shape index (κ3) is 2.66. The van der Waals surface area contributed by atoms with E-state index in [2.05, 4.69) is 25.5 Å². The summed E-state index contributed by atoms with van der Waals surface area (Å²) in [7, 11) is 0. The quantitative estimate of drug-likeness (QED) is 0.527. The van der Waals surface area contributed by atoms with Crippen LogP contribution in [0.3, 0.4) is 0 Å². The molecule has 0 bridgehead atoms. The molecule has 4 heterocycles. The highest BCUT2D eigenvalue weighted by Gasteiger charge is 2.38. The lowest BCUT2D eigenvalue weighted by Crippen LogP contribution is -2.35. The minimum Gasteiger partial charge on any atom is -0.346 e. The molecule has 4 aromatic rings. The van der Waals surface area contributed by atoms with Crippen molar-refractivity contribution < 1.29 is 13.2 Å². The first kappa shape index (κ1) is 16.7. The van der Waals surface area contributed by atoms with Crippen LogP contribution < -0.4 is 4.90 Å². The summed E-state index contributed by atoms with van der Waals surface area (Å²) in [5.41, 5.74) is 1.01. The Kier molecular flexibility index (Phi) is 3.57. The third-order valence-corrected chi connectivity index (χ3v) is 4.61. The van der Waals surface area contributed by atoms with E-state index in [1.807, 2.05) is 39.8 Å². The topological polar surface area (TPSA) is 77.0 Å². The van der Waals surface area contributed by atoms with Gasteiger partial charge in [-0.2, -0.15) is 17.7 Å². The van der Waals surface area contributed by atoms with Crippen LogP contribution in [-0.4, -0.2) is 41.1 Å². The van der Waals surface area contributed by atoms with Gasteiger partial charge in [-0.25, -0.2) is 0 Å². The molecule has 0 fully saturated rings. The highest BCUT2D eigenvalue weighted by molar-refractivity contribution is 5.55. The molecule has 1 aromatic carbocycles. The first-order valence-electron chi connectivity index (χ1n) is 8.53.